The van der Waals surface area contributed by atoms with Crippen LogP contribution in [-0.4, -0.2) is 40.9 Å². The number of rotatable bonds is 3. The molecule has 6 nitrogen and oxygen atoms in total. The van der Waals surface area contributed by atoms with Gasteiger partial charge in [0.2, 0.25) is 5.91 Å². The van der Waals surface area contributed by atoms with Gasteiger partial charge >= 0.3 is 6.09 Å². The molecule has 2 aromatic rings. The molecule has 0 aliphatic carbocycles. The smallest absolute Gasteiger partial charge is 0.416 e. The van der Waals surface area contributed by atoms with Crippen LogP contribution in [-0.2, 0) is 16.1 Å². The van der Waals surface area contributed by atoms with Gasteiger partial charge in [-0.2, -0.15) is 0 Å². The number of hydrogen-bond acceptors (Lipinski definition) is 4. The maximum Gasteiger partial charge on any atom is 0.416 e. The summed E-state index contributed by atoms with van der Waals surface area (Å²) in [6.07, 6.45) is 0.532. The Morgan fingerprint density at radius 1 is 1.56 bits per heavy atom. The molecule has 0 bridgehead atoms. The van der Waals surface area contributed by atoms with Crippen molar-refractivity contribution < 1.29 is 19.5 Å². The maximum absolute atomic E-state index is 11.7. The molecule has 2 rings (SSSR count). The van der Waals surface area contributed by atoms with Gasteiger partial charge in [-0.05, 0) is 17.0 Å². The first-order valence-corrected chi connectivity index (χ1v) is 6.04. The van der Waals surface area contributed by atoms with Gasteiger partial charge in [0.25, 0.3) is 0 Å². The number of carbonyl (C=O) groups is 2. The normalized spacial score (nSPS) is 10.8. The third-order valence-corrected chi connectivity index (χ3v) is 3.63. The van der Waals surface area contributed by atoms with Crippen molar-refractivity contribution in [3.05, 3.63) is 23.2 Å². The van der Waals surface area contributed by atoms with Gasteiger partial charge in [0.05, 0.1) is 23.7 Å². The number of fused-ring (bicyclic) bond motifs is 1. The third-order valence-electron chi connectivity index (χ3n) is 2.65. The number of hydroxylamine groups is 2. The molecule has 0 spiro atoms. The molecule has 7 heteroatoms. The molecule has 1 N–H and O–H groups in total. The monoisotopic (exact) mass is 268 g/mol. The number of carboxylic acid groups (broad SMARTS) is 1. The highest BCUT2D eigenvalue weighted by molar-refractivity contribution is 7.17. The van der Waals surface area contributed by atoms with Gasteiger partial charge < -0.3 is 5.11 Å². The van der Waals surface area contributed by atoms with Crippen molar-refractivity contribution >= 4 is 33.6 Å². The van der Waals surface area contributed by atoms with Gasteiger partial charge in [-0.1, -0.05) is 0 Å². The van der Waals surface area contributed by atoms with Gasteiger partial charge in [0, 0.05) is 13.2 Å². The van der Waals surface area contributed by atoms with Crippen molar-refractivity contribution in [3.63, 3.8) is 0 Å². The summed E-state index contributed by atoms with van der Waals surface area (Å²) in [7, 11) is 2.92. The van der Waals surface area contributed by atoms with Gasteiger partial charge in [-0.3, -0.25) is 14.2 Å². The van der Waals surface area contributed by atoms with E-state index >= 15 is 0 Å². The van der Waals surface area contributed by atoms with Crippen LogP contribution in [0.15, 0.2) is 17.6 Å². The molecule has 0 atom stereocenters. The van der Waals surface area contributed by atoms with Gasteiger partial charge in [-0.15, -0.1) is 11.3 Å². The lowest BCUT2D eigenvalue weighted by molar-refractivity contribution is -0.167. The third kappa shape index (κ3) is 2.09. The van der Waals surface area contributed by atoms with E-state index in [0.717, 1.165) is 14.3 Å². The second-order valence-electron chi connectivity index (χ2n) is 3.69. The quantitative estimate of drug-likeness (QED) is 0.861. The molecule has 18 heavy (non-hydrogen) atoms. The van der Waals surface area contributed by atoms with E-state index in [9.17, 15) is 9.59 Å². The zero-order valence-corrected chi connectivity index (χ0v) is 10.7. The van der Waals surface area contributed by atoms with Crippen LogP contribution in [0.25, 0.3) is 10.2 Å². The van der Waals surface area contributed by atoms with E-state index in [1.165, 1.54) is 31.7 Å². The number of nitrogens with zero attached hydrogens (tertiary/aromatic N) is 2. The van der Waals surface area contributed by atoms with E-state index in [1.54, 1.807) is 11.4 Å². The molecule has 2 heterocycles. The lowest BCUT2D eigenvalue weighted by Crippen LogP contribution is -2.26. The van der Waals surface area contributed by atoms with Crippen LogP contribution in [0.5, 0.6) is 0 Å². The first-order valence-electron chi connectivity index (χ1n) is 5.16. The van der Waals surface area contributed by atoms with E-state index in [2.05, 4.69) is 0 Å². The van der Waals surface area contributed by atoms with Crippen molar-refractivity contribution in [2.45, 2.75) is 6.42 Å². The summed E-state index contributed by atoms with van der Waals surface area (Å²) < 4.78 is 1.94. The fourth-order valence-electron chi connectivity index (χ4n) is 1.68. The largest absolute Gasteiger partial charge is 0.464 e. The molecule has 1 amide bonds. The van der Waals surface area contributed by atoms with Crippen molar-refractivity contribution in [2.24, 2.45) is 0 Å². The Morgan fingerprint density at radius 3 is 2.89 bits per heavy atom. The minimum absolute atomic E-state index is 0.113. The van der Waals surface area contributed by atoms with Crippen molar-refractivity contribution in [2.75, 3.05) is 14.2 Å². The highest BCUT2D eigenvalue weighted by atomic mass is 32.1. The Hall–Kier alpha value is -1.86. The SMILES string of the molecule is CON(C)C(=O)Cc1cn(C(=O)O)c2ccsc12. The fraction of sp³-hybridized carbons (Fsp3) is 0.273. The molecule has 96 valence electrons. The molecule has 0 aliphatic rings. The molecule has 0 aromatic carbocycles. The maximum atomic E-state index is 11.7. The average Bonchev–Trinajstić information content (AvgIpc) is 2.91. The van der Waals surface area contributed by atoms with Gasteiger partial charge in [0.1, 0.15) is 0 Å². The summed E-state index contributed by atoms with van der Waals surface area (Å²) in [5, 5.41) is 12.0. The van der Waals surface area contributed by atoms with Crippen LogP contribution >= 0.6 is 11.3 Å². The zero-order valence-electron chi connectivity index (χ0n) is 9.91. The Bertz CT molecular complexity index is 601. The van der Waals surface area contributed by atoms with Crippen LogP contribution in [0.2, 0.25) is 0 Å². The van der Waals surface area contributed by atoms with Crippen molar-refractivity contribution in [1.82, 2.24) is 9.63 Å². The molecule has 0 saturated carbocycles. The van der Waals surface area contributed by atoms with Crippen LogP contribution in [0.3, 0.4) is 0 Å². The predicted molar refractivity (Wildman–Crippen MR) is 66.7 cm³/mol. The minimum atomic E-state index is -1.06. The van der Waals surface area contributed by atoms with Crippen LogP contribution in [0.1, 0.15) is 5.56 Å². The molecule has 0 unspecified atom stereocenters. The lowest BCUT2D eigenvalue weighted by Gasteiger charge is -2.12. The molecule has 0 radical (unpaired) electrons. The van der Waals surface area contributed by atoms with Gasteiger partial charge in [-0.25, -0.2) is 9.86 Å². The number of amides is 1. The van der Waals surface area contributed by atoms with E-state index in [0.29, 0.717) is 11.1 Å². The molecular weight excluding hydrogens is 256 g/mol. The summed E-state index contributed by atoms with van der Waals surface area (Å²) in [5.41, 5.74) is 1.30. The Balaban J connectivity index is 2.37. The van der Waals surface area contributed by atoms with Crippen LogP contribution < -0.4 is 0 Å². The lowest BCUT2D eigenvalue weighted by atomic mass is 10.2. The number of hydrogen-bond donors (Lipinski definition) is 1. The molecule has 2 aromatic heterocycles. The highest BCUT2D eigenvalue weighted by Crippen LogP contribution is 2.27. The van der Waals surface area contributed by atoms with Crippen molar-refractivity contribution in [3.8, 4) is 0 Å². The Kier molecular flexibility index (Phi) is 3.35. The summed E-state index contributed by atoms with van der Waals surface area (Å²) in [6.45, 7) is 0. The van der Waals surface area contributed by atoms with Crippen molar-refractivity contribution in [1.29, 1.82) is 0 Å². The van der Waals surface area contributed by atoms with E-state index in [1.807, 2.05) is 0 Å². The molecule has 0 aliphatic heterocycles. The fourth-order valence-corrected chi connectivity index (χ4v) is 2.57. The highest BCUT2D eigenvalue weighted by Gasteiger charge is 2.17. The molecule has 0 saturated heterocycles. The number of thiophene rings is 1. The molecule has 0 fully saturated rings. The van der Waals surface area contributed by atoms with Gasteiger partial charge in [0.15, 0.2) is 0 Å². The second kappa shape index (κ2) is 4.79. The minimum Gasteiger partial charge on any atom is -0.464 e. The topological polar surface area (TPSA) is 71.8 Å². The standard InChI is InChI=1S/C11H12N2O4S/c1-12(17-2)9(14)5-7-6-13(11(15)16)8-3-4-18-10(7)8/h3-4,6H,5H2,1-2H3,(H,15,16). The van der Waals surface area contributed by atoms with E-state index in [-0.39, 0.29) is 12.3 Å². The first-order chi connectivity index (χ1) is 8.54. The summed E-state index contributed by atoms with van der Waals surface area (Å²) in [5.74, 6) is -0.227. The summed E-state index contributed by atoms with van der Waals surface area (Å²) >= 11 is 1.42. The zero-order chi connectivity index (χ0) is 13.3. The number of aromatic nitrogens is 1. The number of likely N-dealkylation sites (N-methyl/N-ethyl adjacent to an activating group) is 1. The van der Waals surface area contributed by atoms with Crippen LogP contribution in [0, 0.1) is 0 Å². The average molecular weight is 268 g/mol. The van der Waals surface area contributed by atoms with Crippen LogP contribution in [0.4, 0.5) is 4.79 Å². The second-order valence-corrected chi connectivity index (χ2v) is 4.61. The number of carbonyl (C=O) groups excluding carboxylic acids is 1. The Labute approximate surface area is 107 Å². The summed E-state index contributed by atoms with van der Waals surface area (Å²) in [4.78, 5) is 27.6. The summed E-state index contributed by atoms with van der Waals surface area (Å²) in [6, 6.07) is 1.72. The van der Waals surface area contributed by atoms with E-state index < -0.39 is 6.09 Å². The molecular formula is C11H12N2O4S. The first kappa shape index (κ1) is 12.6. The predicted octanol–water partition coefficient (Wildman–Crippen LogP) is 1.79. The van der Waals surface area contributed by atoms with E-state index in [4.69, 9.17) is 9.94 Å². The Morgan fingerprint density at radius 2 is 2.28 bits per heavy atom.